The number of aromatic hydroxyl groups is 1. The normalized spacial score (nSPS) is 10.9. The second-order valence-electron chi connectivity index (χ2n) is 5.86. The second kappa shape index (κ2) is 6.71. The summed E-state index contributed by atoms with van der Waals surface area (Å²) in [7, 11) is 0. The smallest absolute Gasteiger partial charge is 0.316 e. The highest BCUT2D eigenvalue weighted by Gasteiger charge is 2.29. The minimum absolute atomic E-state index is 0.0313. The second-order valence-corrected chi connectivity index (χ2v) is 6.27. The van der Waals surface area contributed by atoms with E-state index in [2.05, 4.69) is 15.1 Å². The van der Waals surface area contributed by atoms with E-state index in [9.17, 15) is 20.4 Å². The van der Waals surface area contributed by atoms with Gasteiger partial charge in [-0.2, -0.15) is 0 Å². The van der Waals surface area contributed by atoms with Gasteiger partial charge in [-0.1, -0.05) is 41.9 Å². The van der Waals surface area contributed by atoms with Crippen molar-refractivity contribution >= 4 is 39.7 Å². The standard InChI is InChI=1S/C18H11ClN4O5/c19-13-9-14-16(21-28-23(14)27)17(18(13)22(25)26)20-11-6-7-12(15(24)8-11)10-4-2-1-3-5-10/h1-9,20,24H. The summed E-state index contributed by atoms with van der Waals surface area (Å²) in [6.45, 7) is 0. The molecule has 140 valence electrons. The van der Waals surface area contributed by atoms with Gasteiger partial charge in [-0.05, 0) is 22.6 Å². The summed E-state index contributed by atoms with van der Waals surface area (Å²) in [5, 5.41) is 39.7. The van der Waals surface area contributed by atoms with E-state index in [0.29, 0.717) is 11.3 Å². The van der Waals surface area contributed by atoms with E-state index in [1.54, 1.807) is 12.1 Å². The van der Waals surface area contributed by atoms with Crippen LogP contribution in [0.15, 0.2) is 59.2 Å². The lowest BCUT2D eigenvalue weighted by Gasteiger charge is -2.10. The van der Waals surface area contributed by atoms with E-state index >= 15 is 0 Å². The van der Waals surface area contributed by atoms with Gasteiger partial charge in [-0.3, -0.25) is 14.7 Å². The molecule has 4 aromatic rings. The third-order valence-corrected chi connectivity index (χ3v) is 4.43. The van der Waals surface area contributed by atoms with Crippen LogP contribution in [-0.4, -0.2) is 15.2 Å². The molecule has 0 saturated heterocycles. The first kappa shape index (κ1) is 17.6. The Morgan fingerprint density at radius 3 is 2.61 bits per heavy atom. The lowest BCUT2D eigenvalue weighted by molar-refractivity contribution is -0.782. The van der Waals surface area contributed by atoms with Crippen LogP contribution >= 0.6 is 11.6 Å². The van der Waals surface area contributed by atoms with Crippen LogP contribution < -0.4 is 10.2 Å². The number of phenolic OH excluding ortho intramolecular Hbond substituents is 1. The molecule has 9 nitrogen and oxygen atoms in total. The molecular formula is C18H11ClN4O5. The number of rotatable bonds is 4. The fourth-order valence-corrected chi connectivity index (χ4v) is 3.15. The Bertz CT molecular complexity index is 1210. The van der Waals surface area contributed by atoms with Crippen molar-refractivity contribution in [2.75, 3.05) is 5.32 Å². The first-order valence-corrected chi connectivity index (χ1v) is 8.35. The highest BCUT2D eigenvalue weighted by molar-refractivity contribution is 6.34. The van der Waals surface area contributed by atoms with Crippen molar-refractivity contribution < 1.29 is 19.6 Å². The van der Waals surface area contributed by atoms with Gasteiger partial charge in [0.15, 0.2) is 5.69 Å². The van der Waals surface area contributed by atoms with E-state index in [4.69, 9.17) is 11.6 Å². The minimum Gasteiger partial charge on any atom is -0.507 e. The first-order valence-electron chi connectivity index (χ1n) is 7.97. The molecule has 1 heterocycles. The molecule has 1 aromatic heterocycles. The molecule has 0 unspecified atom stereocenters. The van der Waals surface area contributed by atoms with Crippen molar-refractivity contribution in [2.45, 2.75) is 0 Å². The van der Waals surface area contributed by atoms with Crippen molar-refractivity contribution in [2.24, 2.45) is 0 Å². The summed E-state index contributed by atoms with van der Waals surface area (Å²) in [5.41, 5.74) is 1.04. The van der Waals surface area contributed by atoms with Crippen LogP contribution in [0.25, 0.3) is 22.2 Å². The van der Waals surface area contributed by atoms with E-state index in [1.165, 1.54) is 6.07 Å². The van der Waals surface area contributed by atoms with E-state index in [1.807, 2.05) is 30.3 Å². The van der Waals surface area contributed by atoms with Crippen LogP contribution in [0, 0.1) is 15.3 Å². The number of hydrogen-bond acceptors (Lipinski definition) is 7. The van der Waals surface area contributed by atoms with E-state index < -0.39 is 10.6 Å². The van der Waals surface area contributed by atoms with Gasteiger partial charge in [0.25, 0.3) is 5.52 Å². The Hall–Kier alpha value is -3.85. The van der Waals surface area contributed by atoms with Crippen LogP contribution in [0.1, 0.15) is 0 Å². The van der Waals surface area contributed by atoms with E-state index in [0.717, 1.165) is 11.6 Å². The van der Waals surface area contributed by atoms with Crippen molar-refractivity contribution in [3.63, 3.8) is 0 Å². The molecule has 0 aliphatic heterocycles. The number of nitro benzene ring substituents is 1. The summed E-state index contributed by atoms with van der Waals surface area (Å²) in [5.74, 6) is -0.0313. The molecule has 0 spiro atoms. The van der Waals surface area contributed by atoms with Gasteiger partial charge in [0.05, 0.1) is 4.92 Å². The van der Waals surface area contributed by atoms with Crippen LogP contribution in [0.5, 0.6) is 5.75 Å². The number of anilines is 2. The topological polar surface area (TPSA) is 128 Å². The molecule has 0 amide bonds. The number of fused-ring (bicyclic) bond motifs is 1. The van der Waals surface area contributed by atoms with Gasteiger partial charge in [-0.25, -0.2) is 0 Å². The highest BCUT2D eigenvalue weighted by Crippen LogP contribution is 2.40. The zero-order valence-corrected chi connectivity index (χ0v) is 14.8. The SMILES string of the molecule is O=[N+]([O-])c1c(Cl)cc2c(no[n+]2[O-])c1Nc1ccc(-c2ccccc2)c(O)c1. The maximum atomic E-state index is 11.7. The summed E-state index contributed by atoms with van der Waals surface area (Å²) in [4.78, 5) is 10.9. The fraction of sp³-hybridized carbons (Fsp3) is 0. The summed E-state index contributed by atoms with van der Waals surface area (Å²) in [6.07, 6.45) is 0. The maximum Gasteiger partial charge on any atom is 0.316 e. The molecule has 0 aliphatic rings. The summed E-state index contributed by atoms with van der Waals surface area (Å²) in [6, 6.07) is 15.0. The van der Waals surface area contributed by atoms with Crippen molar-refractivity contribution in [1.29, 1.82) is 0 Å². The monoisotopic (exact) mass is 398 g/mol. The molecule has 0 fully saturated rings. The number of aromatic nitrogens is 2. The minimum atomic E-state index is -0.688. The molecule has 0 atom stereocenters. The average molecular weight is 399 g/mol. The molecule has 0 saturated carbocycles. The number of hydrogen-bond donors (Lipinski definition) is 2. The van der Waals surface area contributed by atoms with Gasteiger partial charge in [0.1, 0.15) is 10.8 Å². The Kier molecular flexibility index (Phi) is 4.21. The molecule has 0 radical (unpaired) electrons. The Labute approximate surface area is 162 Å². The average Bonchev–Trinajstić information content (AvgIpc) is 3.03. The van der Waals surface area contributed by atoms with Gasteiger partial charge >= 0.3 is 5.69 Å². The number of phenols is 1. The number of nitro groups is 1. The Balaban J connectivity index is 1.81. The van der Waals surface area contributed by atoms with Crippen molar-refractivity contribution in [3.05, 3.63) is 74.9 Å². The third kappa shape index (κ3) is 2.93. The van der Waals surface area contributed by atoms with Gasteiger partial charge in [0, 0.05) is 28.5 Å². The third-order valence-electron chi connectivity index (χ3n) is 4.14. The van der Waals surface area contributed by atoms with Crippen LogP contribution in [0.3, 0.4) is 0 Å². The number of nitrogens with one attached hydrogen (secondary N) is 1. The zero-order chi connectivity index (χ0) is 19.8. The number of benzene rings is 3. The largest absolute Gasteiger partial charge is 0.507 e. The van der Waals surface area contributed by atoms with Gasteiger partial charge in [0.2, 0.25) is 5.52 Å². The van der Waals surface area contributed by atoms with Crippen molar-refractivity contribution in [1.82, 2.24) is 5.16 Å². The number of halogens is 1. The van der Waals surface area contributed by atoms with Crippen LogP contribution in [0.2, 0.25) is 5.02 Å². The molecule has 0 aliphatic carbocycles. The zero-order valence-electron chi connectivity index (χ0n) is 14.0. The van der Waals surface area contributed by atoms with E-state index in [-0.39, 0.29) is 32.4 Å². The first-order chi connectivity index (χ1) is 13.5. The van der Waals surface area contributed by atoms with Crippen molar-refractivity contribution in [3.8, 4) is 16.9 Å². The molecule has 3 aromatic carbocycles. The van der Waals surface area contributed by atoms with Crippen LogP contribution in [0.4, 0.5) is 17.1 Å². The van der Waals surface area contributed by atoms with Gasteiger partial charge < -0.3 is 15.6 Å². The molecular weight excluding hydrogens is 388 g/mol. The quantitative estimate of drug-likeness (QED) is 0.300. The molecule has 28 heavy (non-hydrogen) atoms. The lowest BCUT2D eigenvalue weighted by atomic mass is 10.0. The molecule has 10 heteroatoms. The fourth-order valence-electron chi connectivity index (χ4n) is 2.88. The van der Waals surface area contributed by atoms with Crippen LogP contribution in [-0.2, 0) is 0 Å². The number of nitrogens with zero attached hydrogens (tertiary/aromatic N) is 3. The predicted molar refractivity (Wildman–Crippen MR) is 101 cm³/mol. The predicted octanol–water partition coefficient (Wildman–Crippen LogP) is 4.14. The Morgan fingerprint density at radius 1 is 1.18 bits per heavy atom. The molecule has 0 bridgehead atoms. The van der Waals surface area contributed by atoms with Gasteiger partial charge in [-0.15, -0.1) is 0 Å². The highest BCUT2D eigenvalue weighted by atomic mass is 35.5. The maximum absolute atomic E-state index is 11.7. The summed E-state index contributed by atoms with van der Waals surface area (Å²) >= 11 is 5.98. The molecule has 4 rings (SSSR count). The summed E-state index contributed by atoms with van der Waals surface area (Å²) < 4.78 is 4.52. The molecule has 2 N–H and O–H groups in total. The lowest BCUT2D eigenvalue weighted by Crippen LogP contribution is -2.22. The Morgan fingerprint density at radius 2 is 1.93 bits per heavy atom.